The Hall–Kier alpha value is -0.0800. The number of nitrogens with one attached hydrogen (secondary N) is 1. The first-order chi connectivity index (χ1) is 8.62. The number of hydrogen-bond donors (Lipinski definition) is 1. The van der Waals surface area contributed by atoms with Gasteiger partial charge in [0, 0.05) is 6.54 Å². The van der Waals surface area contributed by atoms with Crippen molar-refractivity contribution in [2.45, 2.75) is 52.9 Å². The Bertz CT molecular complexity index is 235. The molecule has 0 radical (unpaired) electrons. The smallest absolute Gasteiger partial charge is 0.00358 e. The van der Waals surface area contributed by atoms with Gasteiger partial charge in [-0.3, -0.25) is 0 Å². The lowest BCUT2D eigenvalue weighted by Gasteiger charge is -2.42. The van der Waals surface area contributed by atoms with E-state index in [1.54, 1.807) is 0 Å². The van der Waals surface area contributed by atoms with Crippen LogP contribution >= 0.6 is 0 Å². The Morgan fingerprint density at radius 3 is 2.44 bits per heavy atom. The van der Waals surface area contributed by atoms with E-state index in [0.29, 0.717) is 5.41 Å². The van der Waals surface area contributed by atoms with E-state index >= 15 is 0 Å². The highest BCUT2D eigenvalue weighted by atomic mass is 15.1. The largest absolute Gasteiger partial charge is 0.316 e. The van der Waals surface area contributed by atoms with Gasteiger partial charge in [0.05, 0.1) is 0 Å². The normalized spacial score (nSPS) is 28.5. The Kier molecular flexibility index (Phi) is 5.08. The van der Waals surface area contributed by atoms with Crippen LogP contribution in [0.3, 0.4) is 0 Å². The van der Waals surface area contributed by atoms with Gasteiger partial charge in [-0.15, -0.1) is 0 Å². The number of hydrogen-bond acceptors (Lipinski definition) is 2. The molecule has 0 spiro atoms. The predicted molar refractivity (Wildman–Crippen MR) is 78.8 cm³/mol. The van der Waals surface area contributed by atoms with E-state index in [-0.39, 0.29) is 0 Å². The maximum Gasteiger partial charge on any atom is 0.00358 e. The summed E-state index contributed by atoms with van der Waals surface area (Å²) in [5.41, 5.74) is 0.479. The van der Waals surface area contributed by atoms with Crippen LogP contribution in [0.4, 0.5) is 0 Å². The van der Waals surface area contributed by atoms with Gasteiger partial charge < -0.3 is 10.2 Å². The van der Waals surface area contributed by atoms with Crippen molar-refractivity contribution in [3.05, 3.63) is 0 Å². The highest BCUT2D eigenvalue weighted by Gasteiger charge is 2.33. The van der Waals surface area contributed by atoms with Crippen molar-refractivity contribution in [1.29, 1.82) is 0 Å². The molecular weight excluding hydrogens is 220 g/mol. The van der Waals surface area contributed by atoms with Gasteiger partial charge in [-0.2, -0.15) is 0 Å². The molecule has 2 fully saturated rings. The molecule has 2 heteroatoms. The maximum atomic E-state index is 3.58. The predicted octanol–water partition coefficient (Wildman–Crippen LogP) is 3.13. The Morgan fingerprint density at radius 1 is 1.17 bits per heavy atom. The third-order valence-electron chi connectivity index (χ3n) is 5.32. The standard InChI is InChI=1S/C16H32N2/c1-4-14-7-10-18(11-8-14)13-16(2,3)15-6-5-9-17-12-15/h14-15,17H,4-13H2,1-3H3. The van der Waals surface area contributed by atoms with E-state index in [9.17, 15) is 0 Å². The fourth-order valence-electron chi connectivity index (χ4n) is 3.78. The first-order valence-corrected chi connectivity index (χ1v) is 8.05. The van der Waals surface area contributed by atoms with Gasteiger partial charge in [0.2, 0.25) is 0 Å². The molecule has 1 atom stereocenters. The van der Waals surface area contributed by atoms with Crippen LogP contribution in [0.2, 0.25) is 0 Å². The summed E-state index contributed by atoms with van der Waals surface area (Å²) in [6, 6.07) is 0. The van der Waals surface area contributed by atoms with Gasteiger partial charge in [0.15, 0.2) is 0 Å². The minimum atomic E-state index is 0.479. The number of rotatable bonds is 4. The van der Waals surface area contributed by atoms with Crippen molar-refractivity contribution in [2.24, 2.45) is 17.3 Å². The lowest BCUT2D eigenvalue weighted by molar-refractivity contribution is 0.0767. The summed E-state index contributed by atoms with van der Waals surface area (Å²) in [5, 5.41) is 3.58. The molecule has 2 rings (SSSR count). The lowest BCUT2D eigenvalue weighted by Crippen LogP contribution is -2.46. The van der Waals surface area contributed by atoms with Crippen LogP contribution in [0.5, 0.6) is 0 Å². The van der Waals surface area contributed by atoms with E-state index in [1.807, 2.05) is 0 Å². The molecule has 2 saturated heterocycles. The Morgan fingerprint density at radius 2 is 1.89 bits per heavy atom. The fraction of sp³-hybridized carbons (Fsp3) is 1.00. The number of likely N-dealkylation sites (tertiary alicyclic amines) is 1. The summed E-state index contributed by atoms with van der Waals surface area (Å²) >= 11 is 0. The van der Waals surface area contributed by atoms with Crippen LogP contribution in [0.1, 0.15) is 52.9 Å². The average Bonchev–Trinajstić information content (AvgIpc) is 2.40. The molecule has 0 saturated carbocycles. The zero-order chi connectivity index (χ0) is 13.0. The number of nitrogens with zero attached hydrogens (tertiary/aromatic N) is 1. The molecule has 0 aromatic carbocycles. The second-order valence-corrected chi connectivity index (χ2v) is 7.16. The molecule has 106 valence electrons. The summed E-state index contributed by atoms with van der Waals surface area (Å²) in [7, 11) is 0. The molecule has 2 nitrogen and oxygen atoms in total. The lowest BCUT2D eigenvalue weighted by atomic mass is 9.74. The molecule has 0 bridgehead atoms. The second-order valence-electron chi connectivity index (χ2n) is 7.16. The SMILES string of the molecule is CCC1CCN(CC(C)(C)C2CCCNC2)CC1. The molecule has 1 unspecified atom stereocenters. The minimum Gasteiger partial charge on any atom is -0.316 e. The molecule has 2 aliphatic rings. The summed E-state index contributed by atoms with van der Waals surface area (Å²) in [6.45, 7) is 13.7. The van der Waals surface area contributed by atoms with Gasteiger partial charge in [0.1, 0.15) is 0 Å². The van der Waals surface area contributed by atoms with Crippen molar-refractivity contribution < 1.29 is 0 Å². The molecule has 1 N–H and O–H groups in total. The molecule has 2 heterocycles. The third kappa shape index (κ3) is 3.71. The van der Waals surface area contributed by atoms with Crippen LogP contribution in [0.15, 0.2) is 0 Å². The quantitative estimate of drug-likeness (QED) is 0.827. The molecule has 0 amide bonds. The van der Waals surface area contributed by atoms with E-state index in [0.717, 1.165) is 11.8 Å². The van der Waals surface area contributed by atoms with Crippen LogP contribution in [0.25, 0.3) is 0 Å². The first kappa shape index (κ1) is 14.3. The van der Waals surface area contributed by atoms with Gasteiger partial charge in [-0.1, -0.05) is 27.2 Å². The average molecular weight is 252 g/mol. The zero-order valence-corrected chi connectivity index (χ0v) is 12.7. The van der Waals surface area contributed by atoms with Crippen LogP contribution in [-0.2, 0) is 0 Å². The maximum absolute atomic E-state index is 3.58. The topological polar surface area (TPSA) is 15.3 Å². The fourth-order valence-corrected chi connectivity index (χ4v) is 3.78. The van der Waals surface area contributed by atoms with Crippen LogP contribution < -0.4 is 5.32 Å². The third-order valence-corrected chi connectivity index (χ3v) is 5.32. The molecule has 18 heavy (non-hydrogen) atoms. The van der Waals surface area contributed by atoms with Gasteiger partial charge >= 0.3 is 0 Å². The molecule has 0 aromatic heterocycles. The zero-order valence-electron chi connectivity index (χ0n) is 12.7. The molecule has 0 aliphatic carbocycles. The summed E-state index contributed by atoms with van der Waals surface area (Å²) in [6.07, 6.45) is 7.02. The van der Waals surface area contributed by atoms with E-state index in [4.69, 9.17) is 0 Å². The van der Waals surface area contributed by atoms with Crippen molar-refractivity contribution in [1.82, 2.24) is 10.2 Å². The van der Waals surface area contributed by atoms with Crippen LogP contribution in [0, 0.1) is 17.3 Å². The van der Waals surface area contributed by atoms with Gasteiger partial charge in [0.25, 0.3) is 0 Å². The first-order valence-electron chi connectivity index (χ1n) is 8.05. The summed E-state index contributed by atoms with van der Waals surface area (Å²) in [5.74, 6) is 1.87. The van der Waals surface area contributed by atoms with Crippen molar-refractivity contribution in [3.8, 4) is 0 Å². The Labute approximate surface area is 114 Å². The molecule has 2 aliphatic heterocycles. The van der Waals surface area contributed by atoms with Gasteiger partial charge in [-0.25, -0.2) is 0 Å². The highest BCUT2D eigenvalue weighted by Crippen LogP contribution is 2.33. The summed E-state index contributed by atoms with van der Waals surface area (Å²) < 4.78 is 0. The van der Waals surface area contributed by atoms with E-state index < -0.39 is 0 Å². The van der Waals surface area contributed by atoms with E-state index in [1.165, 1.54) is 64.8 Å². The van der Waals surface area contributed by atoms with Crippen molar-refractivity contribution >= 4 is 0 Å². The minimum absolute atomic E-state index is 0.479. The monoisotopic (exact) mass is 252 g/mol. The van der Waals surface area contributed by atoms with Crippen molar-refractivity contribution in [2.75, 3.05) is 32.7 Å². The van der Waals surface area contributed by atoms with Crippen LogP contribution in [-0.4, -0.2) is 37.6 Å². The molecule has 0 aromatic rings. The second kappa shape index (κ2) is 6.38. The Balaban J connectivity index is 1.80. The summed E-state index contributed by atoms with van der Waals surface area (Å²) in [4.78, 5) is 2.72. The van der Waals surface area contributed by atoms with Gasteiger partial charge in [-0.05, 0) is 69.1 Å². The molecular formula is C16H32N2. The highest BCUT2D eigenvalue weighted by molar-refractivity contribution is 4.86. The van der Waals surface area contributed by atoms with Crippen molar-refractivity contribution in [3.63, 3.8) is 0 Å². The van der Waals surface area contributed by atoms with E-state index in [2.05, 4.69) is 31.0 Å². The number of piperidine rings is 2.